The van der Waals surface area contributed by atoms with Crippen LogP contribution in [0.1, 0.15) is 0 Å². The van der Waals surface area contributed by atoms with Crippen LogP contribution >= 0.6 is 24.0 Å². The summed E-state index contributed by atoms with van der Waals surface area (Å²) < 4.78 is 35.1. The average Bonchev–Trinajstić information content (AvgIpc) is 2.24. The summed E-state index contributed by atoms with van der Waals surface area (Å²) in [4.78, 5) is 2.02. The maximum absolute atomic E-state index is 10.4. The third-order valence-corrected chi connectivity index (χ3v) is 3.85. The van der Waals surface area contributed by atoms with Gasteiger partial charge in [0.15, 0.2) is 0 Å². The first-order valence-corrected chi connectivity index (χ1v) is 7.52. The second kappa shape index (κ2) is 6.55. The maximum Gasteiger partial charge on any atom is 0.287 e. The van der Waals surface area contributed by atoms with E-state index in [4.69, 9.17) is 21.5 Å². The third-order valence-electron chi connectivity index (χ3n) is 1.84. The zero-order valence-electron chi connectivity index (χ0n) is 8.53. The van der Waals surface area contributed by atoms with Gasteiger partial charge in [0.05, 0.1) is 18.6 Å². The number of nitrogens with zero attached hydrogens (tertiary/aromatic N) is 1. The van der Waals surface area contributed by atoms with E-state index >= 15 is 0 Å². The lowest BCUT2D eigenvalue weighted by Crippen LogP contribution is -2.38. The molecule has 0 aromatic carbocycles. The molecule has 1 saturated heterocycles. The van der Waals surface area contributed by atoms with E-state index < -0.39 is 10.1 Å². The number of rotatable bonds is 3. The number of hydrogen-bond acceptors (Lipinski definition) is 5. The Morgan fingerprint density at radius 1 is 1.50 bits per heavy atom. The minimum Gasteiger partial charge on any atom is -0.378 e. The Labute approximate surface area is 105 Å². The van der Waals surface area contributed by atoms with Gasteiger partial charge in [0.25, 0.3) is 10.1 Å². The van der Waals surface area contributed by atoms with Crippen LogP contribution in [0, 0.1) is 0 Å². The van der Waals surface area contributed by atoms with E-state index in [-0.39, 0.29) is 0 Å². The summed E-state index contributed by atoms with van der Waals surface area (Å²) in [6, 6.07) is 0. The van der Waals surface area contributed by atoms with Gasteiger partial charge >= 0.3 is 0 Å². The van der Waals surface area contributed by atoms with Gasteiger partial charge in [-0.25, -0.2) is 0 Å². The highest BCUT2D eigenvalue weighted by atomic mass is 32.2. The van der Waals surface area contributed by atoms with Crippen molar-refractivity contribution in [3.63, 3.8) is 0 Å². The van der Waals surface area contributed by atoms with Crippen LogP contribution in [0.5, 0.6) is 0 Å². The SMILES string of the molecule is O=S(=O)(O)/C=C\CSC(=S)N1CCOCC1. The maximum atomic E-state index is 10.4. The molecule has 0 amide bonds. The lowest BCUT2D eigenvalue weighted by molar-refractivity contribution is 0.0702. The van der Waals surface area contributed by atoms with Crippen LogP contribution in [0.25, 0.3) is 0 Å². The van der Waals surface area contributed by atoms with Crippen molar-refractivity contribution < 1.29 is 17.7 Å². The molecule has 1 aliphatic rings. The van der Waals surface area contributed by atoms with Gasteiger partial charge in [0.2, 0.25) is 0 Å². The van der Waals surface area contributed by atoms with E-state index in [0.717, 1.165) is 22.8 Å². The lowest BCUT2D eigenvalue weighted by atomic mass is 10.5. The molecule has 1 aliphatic heterocycles. The summed E-state index contributed by atoms with van der Waals surface area (Å²) in [5, 5.41) is 0.766. The van der Waals surface area contributed by atoms with Gasteiger partial charge in [-0.1, -0.05) is 30.1 Å². The molecule has 0 radical (unpaired) electrons. The van der Waals surface area contributed by atoms with Crippen LogP contribution in [-0.4, -0.2) is 54.2 Å². The first-order valence-electron chi connectivity index (χ1n) is 4.62. The standard InChI is InChI=1S/C8H13NO4S3/c10-16(11,12)7-1-6-15-8(14)9-2-4-13-5-3-9/h1,7H,2-6H2,(H,10,11,12)/b7-1-. The second-order valence-corrected chi connectivity index (χ2v) is 6.02. The molecule has 0 atom stereocenters. The molecule has 0 bridgehead atoms. The number of morpholine rings is 1. The molecule has 5 nitrogen and oxygen atoms in total. The van der Waals surface area contributed by atoms with E-state index in [1.165, 1.54) is 17.8 Å². The van der Waals surface area contributed by atoms with Crippen LogP contribution < -0.4 is 0 Å². The molecule has 0 spiro atoms. The van der Waals surface area contributed by atoms with Gasteiger partial charge in [0, 0.05) is 18.8 Å². The highest BCUT2D eigenvalue weighted by molar-refractivity contribution is 8.23. The summed E-state index contributed by atoms with van der Waals surface area (Å²) in [5.41, 5.74) is 0. The van der Waals surface area contributed by atoms with Crippen molar-refractivity contribution in [2.45, 2.75) is 0 Å². The van der Waals surface area contributed by atoms with Crippen molar-refractivity contribution in [3.8, 4) is 0 Å². The fourth-order valence-corrected chi connectivity index (χ4v) is 2.67. The molecule has 16 heavy (non-hydrogen) atoms. The van der Waals surface area contributed by atoms with E-state index in [9.17, 15) is 8.42 Å². The van der Waals surface area contributed by atoms with Crippen LogP contribution in [-0.2, 0) is 14.9 Å². The van der Waals surface area contributed by atoms with Gasteiger partial charge in [-0.2, -0.15) is 8.42 Å². The van der Waals surface area contributed by atoms with Crippen molar-refractivity contribution in [1.29, 1.82) is 0 Å². The molecule has 0 aliphatic carbocycles. The van der Waals surface area contributed by atoms with Crippen LogP contribution in [0.4, 0.5) is 0 Å². The Kier molecular flexibility index (Phi) is 5.70. The lowest BCUT2D eigenvalue weighted by Gasteiger charge is -2.28. The van der Waals surface area contributed by atoms with Gasteiger partial charge < -0.3 is 9.64 Å². The predicted octanol–water partition coefficient (Wildman–Crippen LogP) is 0.738. The fourth-order valence-electron chi connectivity index (χ4n) is 1.12. The topological polar surface area (TPSA) is 66.8 Å². The van der Waals surface area contributed by atoms with Crippen molar-refractivity contribution in [3.05, 3.63) is 11.5 Å². The molecule has 0 aromatic rings. The Morgan fingerprint density at radius 3 is 2.69 bits per heavy atom. The van der Waals surface area contributed by atoms with Crippen molar-refractivity contribution >= 4 is 38.4 Å². The Bertz CT molecular complexity index is 359. The predicted molar refractivity (Wildman–Crippen MR) is 68.1 cm³/mol. The zero-order chi connectivity index (χ0) is 12.0. The first-order chi connectivity index (χ1) is 7.49. The van der Waals surface area contributed by atoms with Gasteiger partial charge in [-0.15, -0.1) is 0 Å². The largest absolute Gasteiger partial charge is 0.378 e. The molecule has 0 unspecified atom stereocenters. The van der Waals surface area contributed by atoms with E-state index in [2.05, 4.69) is 0 Å². The smallest absolute Gasteiger partial charge is 0.287 e. The molecule has 0 aromatic heterocycles. The van der Waals surface area contributed by atoms with Gasteiger partial charge in [-0.3, -0.25) is 4.55 Å². The number of ether oxygens (including phenoxy) is 1. The molecule has 1 fully saturated rings. The van der Waals surface area contributed by atoms with Crippen molar-refractivity contribution in [2.75, 3.05) is 32.1 Å². The van der Waals surface area contributed by atoms with Crippen molar-refractivity contribution in [2.24, 2.45) is 0 Å². The summed E-state index contributed by atoms with van der Waals surface area (Å²) in [6.45, 7) is 2.88. The molecule has 92 valence electrons. The van der Waals surface area contributed by atoms with Gasteiger partial charge in [-0.05, 0) is 0 Å². The van der Waals surface area contributed by atoms with Crippen LogP contribution in [0.2, 0.25) is 0 Å². The average molecular weight is 283 g/mol. The Hall–Kier alpha value is -0.150. The molecule has 1 heterocycles. The minimum absolute atomic E-state index is 0.427. The van der Waals surface area contributed by atoms with Crippen LogP contribution in [0.3, 0.4) is 0 Å². The molecular formula is C8H13NO4S3. The number of thioether (sulfide) groups is 1. The normalized spacial score (nSPS) is 17.9. The van der Waals surface area contributed by atoms with E-state index in [1.54, 1.807) is 0 Å². The van der Waals surface area contributed by atoms with E-state index in [1.807, 2.05) is 4.90 Å². The highest BCUT2D eigenvalue weighted by Gasteiger charge is 2.13. The molecule has 1 N–H and O–H groups in total. The van der Waals surface area contributed by atoms with Crippen molar-refractivity contribution in [1.82, 2.24) is 4.90 Å². The second-order valence-electron chi connectivity index (χ2n) is 3.06. The highest BCUT2D eigenvalue weighted by Crippen LogP contribution is 2.11. The third kappa shape index (κ3) is 5.80. The summed E-state index contributed by atoms with van der Waals surface area (Å²) in [7, 11) is -4.02. The molecule has 1 rings (SSSR count). The molecule has 8 heteroatoms. The quantitative estimate of drug-likeness (QED) is 0.605. The first kappa shape index (κ1) is 13.9. The van der Waals surface area contributed by atoms with Crippen LogP contribution in [0.15, 0.2) is 11.5 Å². The fraction of sp³-hybridized carbons (Fsp3) is 0.625. The minimum atomic E-state index is -4.02. The van der Waals surface area contributed by atoms with E-state index in [0.29, 0.717) is 19.0 Å². The summed E-state index contributed by atoms with van der Waals surface area (Å²) in [6.07, 6.45) is 1.37. The number of thiocarbonyl (C=S) groups is 1. The summed E-state index contributed by atoms with van der Waals surface area (Å²) in [5.74, 6) is 0.427. The summed E-state index contributed by atoms with van der Waals surface area (Å²) >= 11 is 6.53. The monoisotopic (exact) mass is 283 g/mol. The molecule has 0 saturated carbocycles. The number of hydrogen-bond donors (Lipinski definition) is 1. The Balaban J connectivity index is 2.27. The van der Waals surface area contributed by atoms with Gasteiger partial charge in [0.1, 0.15) is 4.32 Å². The zero-order valence-corrected chi connectivity index (χ0v) is 11.0. The Morgan fingerprint density at radius 2 is 2.12 bits per heavy atom. The molecular weight excluding hydrogens is 270 g/mol.